The lowest BCUT2D eigenvalue weighted by atomic mass is 9.94. The molecular formula is C15H25N3O3S2. The van der Waals surface area contributed by atoms with Gasteiger partial charge in [0.2, 0.25) is 10.0 Å². The lowest BCUT2D eigenvalue weighted by Crippen LogP contribution is -2.35. The molecule has 23 heavy (non-hydrogen) atoms. The van der Waals surface area contributed by atoms with Crippen LogP contribution in [0, 0.1) is 0 Å². The van der Waals surface area contributed by atoms with Gasteiger partial charge in [0.25, 0.3) is 5.91 Å². The highest BCUT2D eigenvalue weighted by Gasteiger charge is 2.19. The van der Waals surface area contributed by atoms with Crippen LogP contribution in [-0.4, -0.2) is 45.4 Å². The summed E-state index contributed by atoms with van der Waals surface area (Å²) in [6.07, 6.45) is 7.17. The minimum atomic E-state index is -3.56. The minimum Gasteiger partial charge on any atom is -0.365 e. The van der Waals surface area contributed by atoms with Gasteiger partial charge in [-0.3, -0.25) is 4.79 Å². The van der Waals surface area contributed by atoms with Crippen molar-refractivity contribution in [1.82, 2.24) is 9.62 Å². The number of primary amides is 1. The summed E-state index contributed by atoms with van der Waals surface area (Å²) in [6.45, 7) is 1.27. The summed E-state index contributed by atoms with van der Waals surface area (Å²) >= 11 is 1.05. The van der Waals surface area contributed by atoms with E-state index in [4.69, 9.17) is 5.73 Å². The third-order valence-corrected chi connectivity index (χ3v) is 6.84. The Bertz CT molecular complexity index is 622. The van der Waals surface area contributed by atoms with Gasteiger partial charge in [0, 0.05) is 18.0 Å². The molecule has 0 spiro atoms. The molecule has 3 N–H and O–H groups in total. The molecule has 1 aliphatic rings. The van der Waals surface area contributed by atoms with Crippen molar-refractivity contribution in [2.75, 3.05) is 20.1 Å². The molecule has 130 valence electrons. The zero-order valence-electron chi connectivity index (χ0n) is 13.5. The number of nitrogens with one attached hydrogen (secondary N) is 1. The molecular weight excluding hydrogens is 334 g/mol. The standard InChI is InChI=1S/C15H25N3O3S2/c1-18(12-6-3-2-4-7-12)9-5-8-17-23(20,21)13-10-14(15(16)19)22-11-13/h10-12,17H,2-9H2,1H3,(H2,16,19). The van der Waals surface area contributed by atoms with E-state index in [9.17, 15) is 13.2 Å². The minimum absolute atomic E-state index is 0.108. The molecule has 1 aromatic heterocycles. The van der Waals surface area contributed by atoms with Crippen LogP contribution in [0.1, 0.15) is 48.2 Å². The van der Waals surface area contributed by atoms with E-state index in [-0.39, 0.29) is 9.77 Å². The number of rotatable bonds is 8. The van der Waals surface area contributed by atoms with Crippen LogP contribution in [0.2, 0.25) is 0 Å². The molecule has 0 bridgehead atoms. The van der Waals surface area contributed by atoms with Gasteiger partial charge < -0.3 is 10.6 Å². The molecule has 6 nitrogen and oxygen atoms in total. The quantitative estimate of drug-likeness (QED) is 0.692. The Hall–Kier alpha value is -0.960. The number of amides is 1. The number of hydrogen-bond donors (Lipinski definition) is 2. The predicted molar refractivity (Wildman–Crippen MR) is 92.1 cm³/mol. The van der Waals surface area contributed by atoms with Crippen molar-refractivity contribution in [3.63, 3.8) is 0 Å². The Morgan fingerprint density at radius 1 is 1.39 bits per heavy atom. The molecule has 0 radical (unpaired) electrons. The van der Waals surface area contributed by atoms with Crippen molar-refractivity contribution in [2.45, 2.75) is 49.5 Å². The van der Waals surface area contributed by atoms with Gasteiger partial charge in [-0.1, -0.05) is 19.3 Å². The zero-order valence-corrected chi connectivity index (χ0v) is 15.1. The SMILES string of the molecule is CN(CCCNS(=O)(=O)c1csc(C(N)=O)c1)C1CCCCC1. The Morgan fingerprint density at radius 2 is 2.09 bits per heavy atom. The van der Waals surface area contributed by atoms with Crippen LogP contribution in [0.4, 0.5) is 0 Å². The normalized spacial score (nSPS) is 16.8. The molecule has 0 unspecified atom stereocenters. The topological polar surface area (TPSA) is 92.5 Å². The van der Waals surface area contributed by atoms with Crippen LogP contribution >= 0.6 is 11.3 Å². The fraction of sp³-hybridized carbons (Fsp3) is 0.667. The third-order valence-electron chi connectivity index (χ3n) is 4.31. The first-order valence-electron chi connectivity index (χ1n) is 7.98. The van der Waals surface area contributed by atoms with Crippen molar-refractivity contribution in [1.29, 1.82) is 0 Å². The largest absolute Gasteiger partial charge is 0.365 e. The molecule has 1 fully saturated rings. The Kier molecular flexibility index (Phi) is 6.58. The van der Waals surface area contributed by atoms with Crippen LogP contribution in [0.15, 0.2) is 16.3 Å². The maximum Gasteiger partial charge on any atom is 0.258 e. The molecule has 1 aliphatic carbocycles. The molecule has 0 saturated heterocycles. The summed E-state index contributed by atoms with van der Waals surface area (Å²) < 4.78 is 26.9. The molecule has 8 heteroatoms. The van der Waals surface area contributed by atoms with E-state index in [0.29, 0.717) is 12.6 Å². The number of nitrogens with two attached hydrogens (primary N) is 1. The molecule has 1 heterocycles. The van der Waals surface area contributed by atoms with E-state index >= 15 is 0 Å². The fourth-order valence-corrected chi connectivity index (χ4v) is 5.11. The second kappa shape index (κ2) is 8.23. The zero-order chi connectivity index (χ0) is 16.9. The summed E-state index contributed by atoms with van der Waals surface area (Å²) in [5, 5.41) is 1.44. The number of thiophene rings is 1. The average molecular weight is 360 g/mol. The van der Waals surface area contributed by atoms with Gasteiger partial charge in [0.05, 0.1) is 9.77 Å². The molecule has 2 rings (SSSR count). The summed E-state index contributed by atoms with van der Waals surface area (Å²) in [7, 11) is -1.45. The smallest absolute Gasteiger partial charge is 0.258 e. The highest BCUT2D eigenvalue weighted by molar-refractivity contribution is 7.89. The van der Waals surface area contributed by atoms with E-state index in [0.717, 1.165) is 24.3 Å². The molecule has 0 aromatic carbocycles. The number of carbonyl (C=O) groups is 1. The fourth-order valence-electron chi connectivity index (χ4n) is 2.91. The van der Waals surface area contributed by atoms with Gasteiger partial charge in [0.1, 0.15) is 0 Å². The predicted octanol–water partition coefficient (Wildman–Crippen LogP) is 1.78. The summed E-state index contributed by atoms with van der Waals surface area (Å²) in [4.78, 5) is 13.7. The average Bonchev–Trinajstić information content (AvgIpc) is 3.03. The van der Waals surface area contributed by atoms with Crippen molar-refractivity contribution < 1.29 is 13.2 Å². The Morgan fingerprint density at radius 3 is 2.70 bits per heavy atom. The monoisotopic (exact) mass is 359 g/mol. The van der Waals surface area contributed by atoms with Gasteiger partial charge in [0.15, 0.2) is 0 Å². The van der Waals surface area contributed by atoms with E-state index in [2.05, 4.69) is 16.7 Å². The molecule has 1 amide bonds. The van der Waals surface area contributed by atoms with E-state index < -0.39 is 15.9 Å². The second-order valence-corrected chi connectivity index (χ2v) is 8.71. The first kappa shape index (κ1) is 18.4. The molecule has 1 saturated carbocycles. The van der Waals surface area contributed by atoms with E-state index in [1.807, 2.05) is 0 Å². The Labute approximate surface area is 142 Å². The van der Waals surface area contributed by atoms with Crippen LogP contribution < -0.4 is 10.5 Å². The highest BCUT2D eigenvalue weighted by Crippen LogP contribution is 2.21. The van der Waals surface area contributed by atoms with E-state index in [1.165, 1.54) is 43.6 Å². The van der Waals surface area contributed by atoms with Gasteiger partial charge in [-0.15, -0.1) is 11.3 Å². The first-order chi connectivity index (χ1) is 10.9. The van der Waals surface area contributed by atoms with Crippen molar-refractivity contribution in [3.05, 3.63) is 16.3 Å². The second-order valence-electron chi connectivity index (χ2n) is 6.03. The summed E-state index contributed by atoms with van der Waals surface area (Å²) in [5.41, 5.74) is 5.15. The maximum absolute atomic E-state index is 12.1. The maximum atomic E-state index is 12.1. The van der Waals surface area contributed by atoms with Crippen LogP contribution in [0.5, 0.6) is 0 Å². The van der Waals surface area contributed by atoms with Gasteiger partial charge in [-0.2, -0.15) is 0 Å². The molecule has 0 atom stereocenters. The highest BCUT2D eigenvalue weighted by atomic mass is 32.2. The van der Waals surface area contributed by atoms with Gasteiger partial charge in [-0.05, 0) is 38.9 Å². The number of sulfonamides is 1. The van der Waals surface area contributed by atoms with Crippen LogP contribution in [-0.2, 0) is 10.0 Å². The summed E-state index contributed by atoms with van der Waals surface area (Å²) in [6, 6.07) is 1.96. The lowest BCUT2D eigenvalue weighted by Gasteiger charge is -2.31. The number of nitrogens with zero attached hydrogens (tertiary/aromatic N) is 1. The molecule has 0 aliphatic heterocycles. The van der Waals surface area contributed by atoms with Crippen LogP contribution in [0.3, 0.4) is 0 Å². The van der Waals surface area contributed by atoms with Crippen LogP contribution in [0.25, 0.3) is 0 Å². The third kappa shape index (κ3) is 5.27. The van der Waals surface area contributed by atoms with Crippen molar-refractivity contribution in [2.24, 2.45) is 5.73 Å². The van der Waals surface area contributed by atoms with E-state index in [1.54, 1.807) is 0 Å². The summed E-state index contributed by atoms with van der Waals surface area (Å²) in [5.74, 6) is -0.606. The molecule has 1 aromatic rings. The number of carbonyl (C=O) groups excluding carboxylic acids is 1. The lowest BCUT2D eigenvalue weighted by molar-refractivity contribution is 0.100. The number of hydrogen-bond acceptors (Lipinski definition) is 5. The van der Waals surface area contributed by atoms with Crippen molar-refractivity contribution in [3.8, 4) is 0 Å². The van der Waals surface area contributed by atoms with Crippen molar-refractivity contribution >= 4 is 27.3 Å². The van der Waals surface area contributed by atoms with Gasteiger partial charge >= 0.3 is 0 Å². The Balaban J connectivity index is 1.76. The first-order valence-corrected chi connectivity index (χ1v) is 10.3. The van der Waals surface area contributed by atoms with Gasteiger partial charge in [-0.25, -0.2) is 13.1 Å².